The Morgan fingerprint density at radius 1 is 1.39 bits per heavy atom. The lowest BCUT2D eigenvalue weighted by Crippen LogP contribution is -2.43. The first-order chi connectivity index (χ1) is 8.58. The highest BCUT2D eigenvalue weighted by Crippen LogP contribution is 2.17. The fourth-order valence-electron chi connectivity index (χ4n) is 1.45. The summed E-state index contributed by atoms with van der Waals surface area (Å²) >= 11 is 0. The summed E-state index contributed by atoms with van der Waals surface area (Å²) in [5, 5.41) is 19.7. The number of ether oxygens (including phenoxy) is 1. The molecule has 0 bridgehead atoms. The van der Waals surface area contributed by atoms with E-state index in [9.17, 15) is 9.59 Å². The largest absolute Gasteiger partial charge is 0.496 e. The van der Waals surface area contributed by atoms with Gasteiger partial charge >= 0.3 is 5.97 Å². The Morgan fingerprint density at radius 2 is 2.06 bits per heavy atom. The molecule has 6 nitrogen and oxygen atoms in total. The highest BCUT2D eigenvalue weighted by molar-refractivity contribution is 5.85. The SMILES string of the molecule is COc1ccccc1CC(=O)NC(CO)C(=O)O. The molecule has 0 saturated carbocycles. The first kappa shape index (κ1) is 14.0. The highest BCUT2D eigenvalue weighted by atomic mass is 16.5. The van der Waals surface area contributed by atoms with Crippen molar-refractivity contribution in [2.45, 2.75) is 12.5 Å². The average Bonchev–Trinajstić information content (AvgIpc) is 2.36. The minimum atomic E-state index is -1.28. The molecule has 0 radical (unpaired) electrons. The van der Waals surface area contributed by atoms with Gasteiger partial charge in [0.05, 0.1) is 20.1 Å². The monoisotopic (exact) mass is 253 g/mol. The van der Waals surface area contributed by atoms with Gasteiger partial charge in [0, 0.05) is 5.56 Å². The van der Waals surface area contributed by atoms with E-state index in [1.807, 2.05) is 0 Å². The maximum absolute atomic E-state index is 11.6. The summed E-state index contributed by atoms with van der Waals surface area (Å²) in [6.45, 7) is -0.646. The van der Waals surface area contributed by atoms with Crippen LogP contribution in [0.2, 0.25) is 0 Å². The number of hydrogen-bond acceptors (Lipinski definition) is 4. The maximum Gasteiger partial charge on any atom is 0.328 e. The van der Waals surface area contributed by atoms with E-state index in [-0.39, 0.29) is 6.42 Å². The third-order valence-electron chi connectivity index (χ3n) is 2.36. The Labute approximate surface area is 104 Å². The molecule has 3 N–H and O–H groups in total. The number of amides is 1. The fourth-order valence-corrected chi connectivity index (χ4v) is 1.45. The Kier molecular flexibility index (Phi) is 5.13. The van der Waals surface area contributed by atoms with Crippen molar-refractivity contribution in [3.8, 4) is 5.75 Å². The van der Waals surface area contributed by atoms with Crippen LogP contribution in [0.1, 0.15) is 5.56 Å². The van der Waals surface area contributed by atoms with Gasteiger partial charge < -0.3 is 20.3 Å². The van der Waals surface area contributed by atoms with Crippen molar-refractivity contribution in [3.63, 3.8) is 0 Å². The number of hydrogen-bond donors (Lipinski definition) is 3. The van der Waals surface area contributed by atoms with E-state index in [0.717, 1.165) is 0 Å². The van der Waals surface area contributed by atoms with Crippen LogP contribution in [0.3, 0.4) is 0 Å². The molecule has 0 aliphatic heterocycles. The van der Waals surface area contributed by atoms with Gasteiger partial charge in [0.2, 0.25) is 5.91 Å². The second-order valence-electron chi connectivity index (χ2n) is 3.63. The van der Waals surface area contributed by atoms with Crippen molar-refractivity contribution in [3.05, 3.63) is 29.8 Å². The molecule has 1 amide bonds. The van der Waals surface area contributed by atoms with Crippen molar-refractivity contribution in [2.24, 2.45) is 0 Å². The normalized spacial score (nSPS) is 11.7. The minimum Gasteiger partial charge on any atom is -0.496 e. The number of carbonyl (C=O) groups is 2. The molecule has 98 valence electrons. The number of carboxylic acids is 1. The molecule has 1 aromatic carbocycles. The number of aliphatic hydroxyl groups excluding tert-OH is 1. The molecule has 0 spiro atoms. The van der Waals surface area contributed by atoms with E-state index >= 15 is 0 Å². The van der Waals surface area contributed by atoms with Gasteiger partial charge in [-0.25, -0.2) is 4.79 Å². The van der Waals surface area contributed by atoms with E-state index in [0.29, 0.717) is 11.3 Å². The quantitative estimate of drug-likeness (QED) is 0.652. The summed E-state index contributed by atoms with van der Waals surface area (Å²) in [5.41, 5.74) is 0.652. The lowest BCUT2D eigenvalue weighted by molar-refractivity contribution is -0.142. The van der Waals surface area contributed by atoms with Crippen molar-refractivity contribution in [1.29, 1.82) is 0 Å². The predicted octanol–water partition coefficient (Wildman–Crippen LogP) is -0.201. The summed E-state index contributed by atoms with van der Waals surface area (Å²) in [6.07, 6.45) is -0.00616. The predicted molar refractivity (Wildman–Crippen MR) is 63.4 cm³/mol. The zero-order valence-corrected chi connectivity index (χ0v) is 9.92. The number of para-hydroxylation sites is 1. The van der Waals surface area contributed by atoms with Crippen LogP contribution in [-0.2, 0) is 16.0 Å². The molecule has 1 unspecified atom stereocenters. The van der Waals surface area contributed by atoms with Crippen LogP contribution >= 0.6 is 0 Å². The van der Waals surface area contributed by atoms with Crippen molar-refractivity contribution in [2.75, 3.05) is 13.7 Å². The lowest BCUT2D eigenvalue weighted by Gasteiger charge is -2.12. The van der Waals surface area contributed by atoms with E-state index in [2.05, 4.69) is 5.32 Å². The molecule has 0 aliphatic carbocycles. The topological polar surface area (TPSA) is 95.9 Å². The second-order valence-corrected chi connectivity index (χ2v) is 3.63. The van der Waals surface area contributed by atoms with Crippen molar-refractivity contribution < 1.29 is 24.5 Å². The van der Waals surface area contributed by atoms with Crippen LogP contribution in [0.5, 0.6) is 5.75 Å². The summed E-state index contributed by atoms with van der Waals surface area (Å²) < 4.78 is 5.08. The smallest absolute Gasteiger partial charge is 0.328 e. The number of nitrogens with one attached hydrogen (secondary N) is 1. The molecule has 1 rings (SSSR count). The zero-order valence-electron chi connectivity index (χ0n) is 9.92. The number of carbonyl (C=O) groups excluding carboxylic acids is 1. The van der Waals surface area contributed by atoms with Gasteiger partial charge in [0.1, 0.15) is 11.8 Å². The maximum atomic E-state index is 11.6. The molecule has 18 heavy (non-hydrogen) atoms. The van der Waals surface area contributed by atoms with Gasteiger partial charge in [0.15, 0.2) is 0 Å². The van der Waals surface area contributed by atoms with Gasteiger partial charge in [-0.2, -0.15) is 0 Å². The molecule has 0 aromatic heterocycles. The summed E-state index contributed by atoms with van der Waals surface area (Å²) in [5.74, 6) is -1.20. The third-order valence-corrected chi connectivity index (χ3v) is 2.36. The molecule has 0 aliphatic rings. The van der Waals surface area contributed by atoms with Crippen LogP contribution in [-0.4, -0.2) is 41.8 Å². The molecule has 1 aromatic rings. The molecular weight excluding hydrogens is 238 g/mol. The van der Waals surface area contributed by atoms with E-state index in [1.54, 1.807) is 24.3 Å². The minimum absolute atomic E-state index is 0.00616. The van der Waals surface area contributed by atoms with Crippen LogP contribution in [0.15, 0.2) is 24.3 Å². The first-order valence-corrected chi connectivity index (χ1v) is 5.33. The zero-order chi connectivity index (χ0) is 13.5. The van der Waals surface area contributed by atoms with Crippen LogP contribution < -0.4 is 10.1 Å². The molecule has 0 saturated heterocycles. The standard InChI is InChI=1S/C12H15NO5/c1-18-10-5-3-2-4-8(10)6-11(15)13-9(7-14)12(16)17/h2-5,9,14H,6-7H2,1H3,(H,13,15)(H,16,17). The first-order valence-electron chi connectivity index (χ1n) is 5.33. The van der Waals surface area contributed by atoms with E-state index in [4.69, 9.17) is 14.9 Å². The third kappa shape index (κ3) is 3.74. The summed E-state index contributed by atoms with van der Waals surface area (Å²) in [7, 11) is 1.49. The Hall–Kier alpha value is -2.08. The summed E-state index contributed by atoms with van der Waals surface area (Å²) in [4.78, 5) is 22.3. The van der Waals surface area contributed by atoms with E-state index < -0.39 is 24.5 Å². The fraction of sp³-hybridized carbons (Fsp3) is 0.333. The van der Waals surface area contributed by atoms with Crippen LogP contribution in [0.4, 0.5) is 0 Å². The van der Waals surface area contributed by atoms with Gasteiger partial charge in [-0.1, -0.05) is 18.2 Å². The van der Waals surface area contributed by atoms with Crippen molar-refractivity contribution in [1.82, 2.24) is 5.32 Å². The average molecular weight is 253 g/mol. The number of methoxy groups -OCH3 is 1. The Morgan fingerprint density at radius 3 is 2.61 bits per heavy atom. The molecular formula is C12H15NO5. The number of aliphatic carboxylic acids is 1. The summed E-state index contributed by atoms with van der Waals surface area (Å²) in [6, 6.07) is 5.67. The molecule has 0 heterocycles. The second kappa shape index (κ2) is 6.61. The van der Waals surface area contributed by atoms with Gasteiger partial charge in [0.25, 0.3) is 0 Å². The van der Waals surface area contributed by atoms with E-state index in [1.165, 1.54) is 7.11 Å². The number of aliphatic hydroxyl groups is 1. The number of carboxylic acid groups (broad SMARTS) is 1. The van der Waals surface area contributed by atoms with Crippen molar-refractivity contribution >= 4 is 11.9 Å². The Balaban J connectivity index is 2.67. The Bertz CT molecular complexity index is 432. The van der Waals surface area contributed by atoms with Gasteiger partial charge in [-0.15, -0.1) is 0 Å². The highest BCUT2D eigenvalue weighted by Gasteiger charge is 2.19. The lowest BCUT2D eigenvalue weighted by atomic mass is 10.1. The number of rotatable bonds is 6. The van der Waals surface area contributed by atoms with Gasteiger partial charge in [-0.05, 0) is 6.07 Å². The van der Waals surface area contributed by atoms with Crippen LogP contribution in [0, 0.1) is 0 Å². The molecule has 6 heteroatoms. The van der Waals surface area contributed by atoms with Crippen LogP contribution in [0.25, 0.3) is 0 Å². The van der Waals surface area contributed by atoms with Gasteiger partial charge in [-0.3, -0.25) is 4.79 Å². The molecule has 1 atom stereocenters. The molecule has 0 fully saturated rings. The number of benzene rings is 1.